The second kappa shape index (κ2) is 5.41. The fourth-order valence-electron chi connectivity index (χ4n) is 2.23. The summed E-state index contributed by atoms with van der Waals surface area (Å²) in [7, 11) is 3.63. The SMILES string of the molecule is Cc1ccc(C(=O)N(C)C(C)c2ccccc2O)n1C. The molecule has 2 aromatic rings. The van der Waals surface area contributed by atoms with E-state index in [1.165, 1.54) is 0 Å². The molecule has 0 saturated carbocycles. The minimum atomic E-state index is -0.195. The van der Waals surface area contributed by atoms with Crippen LogP contribution in [0.1, 0.15) is 34.7 Å². The zero-order chi connectivity index (χ0) is 14.9. The molecule has 1 aromatic heterocycles. The van der Waals surface area contributed by atoms with Gasteiger partial charge in [0.05, 0.1) is 6.04 Å². The maximum Gasteiger partial charge on any atom is 0.270 e. The molecule has 1 atom stereocenters. The normalized spacial score (nSPS) is 12.2. The van der Waals surface area contributed by atoms with Gasteiger partial charge >= 0.3 is 0 Å². The molecule has 0 bridgehead atoms. The van der Waals surface area contributed by atoms with E-state index >= 15 is 0 Å². The lowest BCUT2D eigenvalue weighted by atomic mass is 10.1. The summed E-state index contributed by atoms with van der Waals surface area (Å²) in [5.74, 6) is 0.152. The molecule has 1 heterocycles. The van der Waals surface area contributed by atoms with Crippen LogP contribution in [0.5, 0.6) is 5.75 Å². The molecule has 0 saturated heterocycles. The molecule has 0 radical (unpaired) electrons. The van der Waals surface area contributed by atoms with E-state index in [-0.39, 0.29) is 17.7 Å². The Balaban J connectivity index is 2.27. The Hall–Kier alpha value is -2.23. The number of para-hydroxylation sites is 1. The van der Waals surface area contributed by atoms with Gasteiger partial charge in [-0.1, -0.05) is 18.2 Å². The van der Waals surface area contributed by atoms with E-state index in [2.05, 4.69) is 0 Å². The third-order valence-corrected chi connectivity index (χ3v) is 3.88. The molecule has 0 aliphatic carbocycles. The van der Waals surface area contributed by atoms with Crippen molar-refractivity contribution in [2.24, 2.45) is 7.05 Å². The van der Waals surface area contributed by atoms with Crippen molar-refractivity contribution >= 4 is 5.91 Å². The van der Waals surface area contributed by atoms with Crippen molar-refractivity contribution in [2.45, 2.75) is 19.9 Å². The second-order valence-electron chi connectivity index (χ2n) is 5.07. The highest BCUT2D eigenvalue weighted by atomic mass is 16.3. The van der Waals surface area contributed by atoms with Crippen LogP contribution in [-0.2, 0) is 7.05 Å². The third kappa shape index (κ3) is 2.41. The summed E-state index contributed by atoms with van der Waals surface area (Å²) in [6, 6.07) is 10.7. The summed E-state index contributed by atoms with van der Waals surface area (Å²) >= 11 is 0. The molecule has 1 amide bonds. The molecule has 1 N–H and O–H groups in total. The number of aromatic hydroxyl groups is 1. The number of aryl methyl sites for hydroxylation is 1. The molecule has 1 unspecified atom stereocenters. The van der Waals surface area contributed by atoms with Crippen LogP contribution in [-0.4, -0.2) is 27.5 Å². The van der Waals surface area contributed by atoms with Gasteiger partial charge in [-0.2, -0.15) is 0 Å². The van der Waals surface area contributed by atoms with Gasteiger partial charge in [0.1, 0.15) is 11.4 Å². The molecule has 20 heavy (non-hydrogen) atoms. The molecule has 0 spiro atoms. The molecule has 106 valence electrons. The molecular weight excluding hydrogens is 252 g/mol. The number of aromatic nitrogens is 1. The fraction of sp³-hybridized carbons (Fsp3) is 0.312. The van der Waals surface area contributed by atoms with Gasteiger partial charge in [-0.3, -0.25) is 4.79 Å². The Labute approximate surface area is 119 Å². The molecule has 2 rings (SSSR count). The number of benzene rings is 1. The van der Waals surface area contributed by atoms with E-state index < -0.39 is 0 Å². The smallest absolute Gasteiger partial charge is 0.270 e. The van der Waals surface area contributed by atoms with Gasteiger partial charge in [-0.05, 0) is 32.0 Å². The summed E-state index contributed by atoms with van der Waals surface area (Å²) in [6.07, 6.45) is 0. The first kappa shape index (κ1) is 14.2. The average molecular weight is 272 g/mol. The first-order valence-corrected chi connectivity index (χ1v) is 6.61. The fourth-order valence-corrected chi connectivity index (χ4v) is 2.23. The van der Waals surface area contributed by atoms with Gasteiger partial charge < -0.3 is 14.6 Å². The number of phenols is 1. The van der Waals surface area contributed by atoms with Gasteiger partial charge in [-0.15, -0.1) is 0 Å². The number of amides is 1. The highest BCUT2D eigenvalue weighted by Gasteiger charge is 2.22. The number of hydrogen-bond donors (Lipinski definition) is 1. The average Bonchev–Trinajstić information content (AvgIpc) is 2.77. The maximum absolute atomic E-state index is 12.5. The van der Waals surface area contributed by atoms with Crippen LogP contribution in [0.25, 0.3) is 0 Å². The van der Waals surface area contributed by atoms with Crippen LogP contribution in [0.4, 0.5) is 0 Å². The quantitative estimate of drug-likeness (QED) is 0.933. The van der Waals surface area contributed by atoms with Gasteiger partial charge in [0, 0.05) is 25.4 Å². The number of carbonyl (C=O) groups excluding carboxylic acids is 1. The van der Waals surface area contributed by atoms with E-state index in [0.717, 1.165) is 11.3 Å². The van der Waals surface area contributed by atoms with Gasteiger partial charge in [0.2, 0.25) is 0 Å². The maximum atomic E-state index is 12.5. The van der Waals surface area contributed by atoms with Crippen LogP contribution in [0.15, 0.2) is 36.4 Å². The van der Waals surface area contributed by atoms with Crippen LogP contribution < -0.4 is 0 Å². The number of carbonyl (C=O) groups is 1. The first-order chi connectivity index (χ1) is 9.43. The minimum absolute atomic E-state index is 0.0589. The zero-order valence-electron chi connectivity index (χ0n) is 12.3. The molecule has 4 heteroatoms. The van der Waals surface area contributed by atoms with Gasteiger partial charge in [-0.25, -0.2) is 0 Å². The third-order valence-electron chi connectivity index (χ3n) is 3.88. The first-order valence-electron chi connectivity index (χ1n) is 6.61. The Morgan fingerprint density at radius 1 is 1.25 bits per heavy atom. The lowest BCUT2D eigenvalue weighted by Crippen LogP contribution is -2.31. The Morgan fingerprint density at radius 3 is 2.45 bits per heavy atom. The van der Waals surface area contributed by atoms with Crippen LogP contribution in [0, 0.1) is 6.92 Å². The highest BCUT2D eigenvalue weighted by molar-refractivity contribution is 5.93. The van der Waals surface area contributed by atoms with E-state index in [4.69, 9.17) is 0 Å². The van der Waals surface area contributed by atoms with Gasteiger partial charge in [0.15, 0.2) is 0 Å². The topological polar surface area (TPSA) is 45.5 Å². The largest absolute Gasteiger partial charge is 0.508 e. The number of hydrogen-bond acceptors (Lipinski definition) is 2. The molecule has 4 nitrogen and oxygen atoms in total. The summed E-state index contributed by atoms with van der Waals surface area (Å²) in [4.78, 5) is 14.2. The van der Waals surface area contributed by atoms with Crippen molar-refractivity contribution < 1.29 is 9.90 Å². The van der Waals surface area contributed by atoms with E-state index in [9.17, 15) is 9.90 Å². The Bertz CT molecular complexity index is 631. The second-order valence-corrected chi connectivity index (χ2v) is 5.07. The van der Waals surface area contributed by atoms with Crippen molar-refractivity contribution in [1.82, 2.24) is 9.47 Å². The summed E-state index contributed by atoms with van der Waals surface area (Å²) in [6.45, 7) is 3.87. The number of phenolic OH excluding ortho intramolecular Hbond substituents is 1. The highest BCUT2D eigenvalue weighted by Crippen LogP contribution is 2.28. The monoisotopic (exact) mass is 272 g/mol. The predicted molar refractivity (Wildman–Crippen MR) is 78.8 cm³/mol. The molecule has 0 aliphatic rings. The summed E-state index contributed by atoms with van der Waals surface area (Å²) < 4.78 is 1.87. The molecular formula is C16H20N2O2. The molecule has 0 fully saturated rings. The van der Waals surface area contributed by atoms with Crippen molar-refractivity contribution in [3.63, 3.8) is 0 Å². The minimum Gasteiger partial charge on any atom is -0.508 e. The lowest BCUT2D eigenvalue weighted by Gasteiger charge is -2.26. The lowest BCUT2D eigenvalue weighted by molar-refractivity contribution is 0.0731. The molecule has 1 aromatic carbocycles. The Morgan fingerprint density at radius 2 is 1.90 bits per heavy atom. The van der Waals surface area contributed by atoms with E-state index in [1.807, 2.05) is 49.7 Å². The van der Waals surface area contributed by atoms with Crippen molar-refractivity contribution in [1.29, 1.82) is 0 Å². The Kier molecular flexibility index (Phi) is 3.84. The van der Waals surface area contributed by atoms with E-state index in [0.29, 0.717) is 5.69 Å². The van der Waals surface area contributed by atoms with E-state index in [1.54, 1.807) is 24.1 Å². The summed E-state index contributed by atoms with van der Waals surface area (Å²) in [5.41, 5.74) is 2.43. The zero-order valence-corrected chi connectivity index (χ0v) is 12.3. The molecule has 0 aliphatic heterocycles. The predicted octanol–water partition coefficient (Wildman–Crippen LogP) is 2.87. The standard InChI is InChI=1S/C16H20N2O2/c1-11-9-10-14(17(11)3)16(20)18(4)12(2)13-7-5-6-8-15(13)19/h5-10,12,19H,1-4H3. The van der Waals surface area contributed by atoms with Crippen LogP contribution in [0.2, 0.25) is 0 Å². The number of nitrogens with zero attached hydrogens (tertiary/aromatic N) is 2. The summed E-state index contributed by atoms with van der Waals surface area (Å²) in [5, 5.41) is 9.90. The van der Waals surface area contributed by atoms with Crippen molar-refractivity contribution in [3.8, 4) is 5.75 Å². The van der Waals surface area contributed by atoms with Crippen LogP contribution in [0.3, 0.4) is 0 Å². The van der Waals surface area contributed by atoms with Crippen molar-refractivity contribution in [3.05, 3.63) is 53.3 Å². The van der Waals surface area contributed by atoms with Gasteiger partial charge in [0.25, 0.3) is 5.91 Å². The van der Waals surface area contributed by atoms with Crippen molar-refractivity contribution in [2.75, 3.05) is 7.05 Å². The van der Waals surface area contributed by atoms with Crippen LogP contribution >= 0.6 is 0 Å². The number of rotatable bonds is 3.